The molecule has 1 rings (SSSR count). The van der Waals surface area contributed by atoms with Crippen molar-refractivity contribution >= 4 is 6.08 Å². The van der Waals surface area contributed by atoms with Gasteiger partial charge in [-0.25, -0.2) is 4.98 Å². The van der Waals surface area contributed by atoms with Crippen molar-refractivity contribution in [3.05, 3.63) is 36.4 Å². The van der Waals surface area contributed by atoms with Gasteiger partial charge in [0.15, 0.2) is 0 Å². The third-order valence-electron chi connectivity index (χ3n) is 1.08. The Labute approximate surface area is 60.3 Å². The van der Waals surface area contributed by atoms with E-state index in [1.54, 1.807) is 12.4 Å². The highest BCUT2D eigenvalue weighted by molar-refractivity contribution is 5.42. The molecule has 2 nitrogen and oxygen atoms in total. The average molecular weight is 134 g/mol. The van der Waals surface area contributed by atoms with Crippen molar-refractivity contribution in [1.29, 1.82) is 0 Å². The molecular formula is C8H10N2. The molecule has 0 aromatic carbocycles. The Morgan fingerprint density at radius 2 is 2.40 bits per heavy atom. The van der Waals surface area contributed by atoms with Crippen LogP contribution in [0.25, 0.3) is 6.08 Å². The number of nitrogens with zero attached hydrogens (tertiary/aromatic N) is 1. The van der Waals surface area contributed by atoms with Gasteiger partial charge >= 0.3 is 0 Å². The minimum atomic E-state index is 0.887. The Morgan fingerprint density at radius 3 is 3.00 bits per heavy atom. The molecule has 2 heteroatoms. The Morgan fingerprint density at radius 1 is 1.50 bits per heavy atom. The number of imidazole rings is 1. The van der Waals surface area contributed by atoms with Crippen LogP contribution >= 0.6 is 0 Å². The van der Waals surface area contributed by atoms with Crippen LogP contribution in [0.15, 0.2) is 30.6 Å². The van der Waals surface area contributed by atoms with Gasteiger partial charge < -0.3 is 4.98 Å². The van der Waals surface area contributed by atoms with E-state index in [4.69, 9.17) is 0 Å². The van der Waals surface area contributed by atoms with E-state index in [2.05, 4.69) is 9.97 Å². The Hall–Kier alpha value is -1.31. The number of aromatic amines is 1. The van der Waals surface area contributed by atoms with Gasteiger partial charge in [0, 0.05) is 12.4 Å². The van der Waals surface area contributed by atoms with Gasteiger partial charge in [0.2, 0.25) is 0 Å². The summed E-state index contributed by atoms with van der Waals surface area (Å²) < 4.78 is 0. The fourth-order valence-corrected chi connectivity index (χ4v) is 0.626. The van der Waals surface area contributed by atoms with Crippen LogP contribution in [0.4, 0.5) is 0 Å². The van der Waals surface area contributed by atoms with Crippen LogP contribution in [0.2, 0.25) is 0 Å². The Balaban J connectivity index is 2.55. The molecule has 1 aromatic rings. The van der Waals surface area contributed by atoms with Crippen molar-refractivity contribution in [2.75, 3.05) is 0 Å². The van der Waals surface area contributed by atoms with Gasteiger partial charge in [-0.3, -0.25) is 0 Å². The quantitative estimate of drug-likeness (QED) is 0.616. The average Bonchev–Trinajstić information content (AvgIpc) is 2.41. The smallest absolute Gasteiger partial charge is 0.129 e. The first-order valence-electron chi connectivity index (χ1n) is 3.22. The maximum absolute atomic E-state index is 4.01. The predicted octanol–water partition coefficient (Wildman–Crippen LogP) is 2.00. The molecular weight excluding hydrogens is 124 g/mol. The lowest BCUT2D eigenvalue weighted by atomic mass is 10.4. The zero-order chi connectivity index (χ0) is 7.23. The molecule has 0 amide bonds. The van der Waals surface area contributed by atoms with Crippen LogP contribution in [0.5, 0.6) is 0 Å². The summed E-state index contributed by atoms with van der Waals surface area (Å²) in [5, 5.41) is 0. The van der Waals surface area contributed by atoms with Crippen LogP contribution in [-0.4, -0.2) is 9.97 Å². The number of nitrogens with one attached hydrogen (secondary N) is 1. The van der Waals surface area contributed by atoms with Crippen molar-refractivity contribution in [1.82, 2.24) is 9.97 Å². The van der Waals surface area contributed by atoms with Gasteiger partial charge in [-0.05, 0) is 13.0 Å². The largest absolute Gasteiger partial charge is 0.345 e. The fraction of sp³-hybridized carbons (Fsp3) is 0.125. The van der Waals surface area contributed by atoms with Crippen molar-refractivity contribution in [3.8, 4) is 0 Å². The number of rotatable bonds is 2. The molecule has 0 unspecified atom stereocenters. The molecule has 0 atom stereocenters. The summed E-state index contributed by atoms with van der Waals surface area (Å²) in [7, 11) is 0. The molecule has 10 heavy (non-hydrogen) atoms. The number of hydrogen-bond acceptors (Lipinski definition) is 1. The van der Waals surface area contributed by atoms with Crippen molar-refractivity contribution in [2.24, 2.45) is 0 Å². The molecule has 52 valence electrons. The lowest BCUT2D eigenvalue weighted by molar-refractivity contribution is 1.26. The van der Waals surface area contributed by atoms with E-state index >= 15 is 0 Å². The first-order chi connectivity index (χ1) is 4.93. The Kier molecular flexibility index (Phi) is 2.49. The van der Waals surface area contributed by atoms with E-state index < -0.39 is 0 Å². The molecule has 0 spiro atoms. The highest BCUT2D eigenvalue weighted by atomic mass is 14.9. The molecule has 1 heterocycles. The van der Waals surface area contributed by atoms with E-state index in [0.717, 1.165) is 5.82 Å². The standard InChI is InChI=1S/C8H10N2/c1-2-3-4-5-8-9-6-7-10-8/h2-7H,1H3,(H,9,10). The summed E-state index contributed by atoms with van der Waals surface area (Å²) in [5.74, 6) is 0.887. The van der Waals surface area contributed by atoms with E-state index in [1.165, 1.54) is 0 Å². The monoisotopic (exact) mass is 134 g/mol. The third-order valence-corrected chi connectivity index (χ3v) is 1.08. The van der Waals surface area contributed by atoms with Gasteiger partial charge in [0.1, 0.15) is 5.82 Å². The molecule has 0 saturated carbocycles. The molecule has 0 bridgehead atoms. The molecule has 0 radical (unpaired) electrons. The van der Waals surface area contributed by atoms with Crippen LogP contribution in [0.3, 0.4) is 0 Å². The summed E-state index contributed by atoms with van der Waals surface area (Å²) in [4.78, 5) is 6.98. The summed E-state index contributed by atoms with van der Waals surface area (Å²) in [6.45, 7) is 1.98. The third kappa shape index (κ3) is 1.90. The summed E-state index contributed by atoms with van der Waals surface area (Å²) in [6.07, 6.45) is 11.3. The molecule has 1 aromatic heterocycles. The maximum atomic E-state index is 4.01. The zero-order valence-electron chi connectivity index (χ0n) is 5.91. The summed E-state index contributed by atoms with van der Waals surface area (Å²) >= 11 is 0. The molecule has 0 aliphatic rings. The summed E-state index contributed by atoms with van der Waals surface area (Å²) in [6, 6.07) is 0. The van der Waals surface area contributed by atoms with Crippen LogP contribution in [0.1, 0.15) is 12.7 Å². The minimum Gasteiger partial charge on any atom is -0.345 e. The van der Waals surface area contributed by atoms with Crippen molar-refractivity contribution in [3.63, 3.8) is 0 Å². The topological polar surface area (TPSA) is 28.7 Å². The minimum absolute atomic E-state index is 0.887. The van der Waals surface area contributed by atoms with Crippen LogP contribution in [-0.2, 0) is 0 Å². The molecule has 0 fully saturated rings. The van der Waals surface area contributed by atoms with Gasteiger partial charge in [-0.15, -0.1) is 0 Å². The molecule has 0 saturated heterocycles. The number of allylic oxidation sites excluding steroid dienone is 3. The maximum Gasteiger partial charge on any atom is 0.129 e. The number of hydrogen-bond donors (Lipinski definition) is 1. The molecule has 0 aliphatic carbocycles. The van der Waals surface area contributed by atoms with E-state index in [1.807, 2.05) is 31.2 Å². The SMILES string of the molecule is CC=CC=Cc1ncc[nH]1. The second-order valence-electron chi connectivity index (χ2n) is 1.86. The Bertz CT molecular complexity index is 219. The predicted molar refractivity (Wildman–Crippen MR) is 42.4 cm³/mol. The summed E-state index contributed by atoms with van der Waals surface area (Å²) in [5.41, 5.74) is 0. The van der Waals surface area contributed by atoms with Crippen molar-refractivity contribution in [2.45, 2.75) is 6.92 Å². The molecule has 1 N–H and O–H groups in total. The van der Waals surface area contributed by atoms with E-state index in [9.17, 15) is 0 Å². The second kappa shape index (κ2) is 3.67. The van der Waals surface area contributed by atoms with Gasteiger partial charge in [-0.1, -0.05) is 18.2 Å². The van der Waals surface area contributed by atoms with Gasteiger partial charge in [-0.2, -0.15) is 0 Å². The lowest BCUT2D eigenvalue weighted by Gasteiger charge is -1.78. The molecule has 0 aliphatic heterocycles. The zero-order valence-corrected chi connectivity index (χ0v) is 5.91. The van der Waals surface area contributed by atoms with Crippen LogP contribution in [0, 0.1) is 0 Å². The first kappa shape index (κ1) is 6.81. The van der Waals surface area contributed by atoms with E-state index in [0.29, 0.717) is 0 Å². The lowest BCUT2D eigenvalue weighted by Crippen LogP contribution is -1.70. The van der Waals surface area contributed by atoms with Crippen molar-refractivity contribution < 1.29 is 0 Å². The normalized spacial score (nSPS) is 11.7. The first-order valence-corrected chi connectivity index (χ1v) is 3.22. The van der Waals surface area contributed by atoms with Crippen LogP contribution < -0.4 is 0 Å². The fourth-order valence-electron chi connectivity index (χ4n) is 0.626. The number of H-pyrrole nitrogens is 1. The van der Waals surface area contributed by atoms with Gasteiger partial charge in [0.05, 0.1) is 0 Å². The number of aromatic nitrogens is 2. The van der Waals surface area contributed by atoms with Gasteiger partial charge in [0.25, 0.3) is 0 Å². The highest BCUT2D eigenvalue weighted by Crippen LogP contribution is 1.91. The van der Waals surface area contributed by atoms with E-state index in [-0.39, 0.29) is 0 Å². The second-order valence-corrected chi connectivity index (χ2v) is 1.86. The highest BCUT2D eigenvalue weighted by Gasteiger charge is 1.81.